The molecule has 26 heavy (non-hydrogen) atoms. The SMILES string of the molecule is CN=C(NCCCCSC)NCc1cccc(OCC(=O)NC2CC2)c1. The van der Waals surface area contributed by atoms with E-state index >= 15 is 0 Å². The van der Waals surface area contributed by atoms with E-state index in [4.69, 9.17) is 4.74 Å². The van der Waals surface area contributed by atoms with Gasteiger partial charge in [-0.25, -0.2) is 0 Å². The number of rotatable bonds is 11. The van der Waals surface area contributed by atoms with E-state index in [1.54, 1.807) is 7.05 Å². The van der Waals surface area contributed by atoms with Gasteiger partial charge < -0.3 is 20.7 Å². The summed E-state index contributed by atoms with van der Waals surface area (Å²) in [6, 6.07) is 8.14. The van der Waals surface area contributed by atoms with Gasteiger partial charge in [-0.1, -0.05) is 12.1 Å². The lowest BCUT2D eigenvalue weighted by Crippen LogP contribution is -2.37. The van der Waals surface area contributed by atoms with Crippen molar-refractivity contribution in [3.63, 3.8) is 0 Å². The zero-order chi connectivity index (χ0) is 18.6. The summed E-state index contributed by atoms with van der Waals surface area (Å²) in [6.07, 6.45) is 6.64. The van der Waals surface area contributed by atoms with Crippen LogP contribution in [0.1, 0.15) is 31.2 Å². The summed E-state index contributed by atoms with van der Waals surface area (Å²) in [5.41, 5.74) is 1.08. The molecule has 1 aliphatic carbocycles. The van der Waals surface area contributed by atoms with E-state index in [-0.39, 0.29) is 12.5 Å². The first-order chi connectivity index (χ1) is 12.7. The second-order valence-electron chi connectivity index (χ2n) is 6.33. The molecule has 0 saturated heterocycles. The Kier molecular flexibility index (Phi) is 9.17. The molecule has 0 radical (unpaired) electrons. The number of unbranched alkanes of at least 4 members (excludes halogenated alkanes) is 1. The first-order valence-corrected chi connectivity index (χ1v) is 10.5. The zero-order valence-corrected chi connectivity index (χ0v) is 16.5. The monoisotopic (exact) mass is 378 g/mol. The number of nitrogens with zero attached hydrogens (tertiary/aromatic N) is 1. The lowest BCUT2D eigenvalue weighted by Gasteiger charge is -2.13. The van der Waals surface area contributed by atoms with Gasteiger partial charge in [-0.15, -0.1) is 0 Å². The zero-order valence-electron chi connectivity index (χ0n) is 15.7. The molecular formula is C19H30N4O2S. The Morgan fingerprint density at radius 1 is 1.31 bits per heavy atom. The van der Waals surface area contributed by atoms with Gasteiger partial charge in [-0.05, 0) is 55.4 Å². The normalized spacial score (nSPS) is 14.0. The van der Waals surface area contributed by atoms with E-state index in [9.17, 15) is 4.79 Å². The van der Waals surface area contributed by atoms with Gasteiger partial charge in [0.2, 0.25) is 0 Å². The van der Waals surface area contributed by atoms with Crippen molar-refractivity contribution in [1.82, 2.24) is 16.0 Å². The smallest absolute Gasteiger partial charge is 0.258 e. The lowest BCUT2D eigenvalue weighted by molar-refractivity contribution is -0.123. The third kappa shape index (κ3) is 8.47. The van der Waals surface area contributed by atoms with Crippen LogP contribution in [0.25, 0.3) is 0 Å². The Bertz CT molecular complexity index is 591. The van der Waals surface area contributed by atoms with Crippen LogP contribution in [0.2, 0.25) is 0 Å². The van der Waals surface area contributed by atoms with E-state index in [0.29, 0.717) is 18.3 Å². The number of ether oxygens (including phenoxy) is 1. The Hall–Kier alpha value is -1.89. The van der Waals surface area contributed by atoms with Crippen molar-refractivity contribution in [2.75, 3.05) is 32.2 Å². The van der Waals surface area contributed by atoms with E-state index in [1.165, 1.54) is 12.2 Å². The molecule has 1 aliphatic rings. The molecule has 1 saturated carbocycles. The minimum Gasteiger partial charge on any atom is -0.484 e. The molecule has 1 amide bonds. The molecule has 0 heterocycles. The number of aliphatic imine (C=N–C) groups is 1. The number of hydrogen-bond donors (Lipinski definition) is 3. The maximum Gasteiger partial charge on any atom is 0.258 e. The highest BCUT2D eigenvalue weighted by atomic mass is 32.2. The van der Waals surface area contributed by atoms with E-state index in [2.05, 4.69) is 27.2 Å². The molecule has 0 aliphatic heterocycles. The van der Waals surface area contributed by atoms with Crippen LogP contribution in [-0.2, 0) is 11.3 Å². The van der Waals surface area contributed by atoms with Crippen LogP contribution in [0.5, 0.6) is 5.75 Å². The van der Waals surface area contributed by atoms with Crippen molar-refractivity contribution >= 4 is 23.6 Å². The molecule has 0 spiro atoms. The number of hydrogen-bond acceptors (Lipinski definition) is 4. The van der Waals surface area contributed by atoms with Crippen molar-refractivity contribution < 1.29 is 9.53 Å². The molecule has 1 aromatic carbocycles. The van der Waals surface area contributed by atoms with Gasteiger partial charge >= 0.3 is 0 Å². The summed E-state index contributed by atoms with van der Waals surface area (Å²) in [7, 11) is 1.77. The summed E-state index contributed by atoms with van der Waals surface area (Å²) in [4.78, 5) is 15.9. The average Bonchev–Trinajstić information content (AvgIpc) is 3.46. The molecule has 1 aromatic rings. The van der Waals surface area contributed by atoms with Gasteiger partial charge in [0, 0.05) is 26.2 Å². The summed E-state index contributed by atoms with van der Waals surface area (Å²) in [5, 5.41) is 9.54. The number of nitrogens with one attached hydrogen (secondary N) is 3. The first kappa shape index (κ1) is 20.4. The molecule has 144 valence electrons. The molecule has 1 fully saturated rings. The molecule has 0 aromatic heterocycles. The first-order valence-electron chi connectivity index (χ1n) is 9.16. The fraction of sp³-hybridized carbons (Fsp3) is 0.579. The molecule has 2 rings (SSSR count). The van der Waals surface area contributed by atoms with Crippen LogP contribution in [-0.4, -0.2) is 50.1 Å². The van der Waals surface area contributed by atoms with Gasteiger partial charge in [0.05, 0.1) is 0 Å². The number of guanidine groups is 1. The van der Waals surface area contributed by atoms with Crippen molar-refractivity contribution in [1.29, 1.82) is 0 Å². The largest absolute Gasteiger partial charge is 0.484 e. The third-order valence-electron chi connectivity index (χ3n) is 3.96. The quantitative estimate of drug-likeness (QED) is 0.313. The van der Waals surface area contributed by atoms with Crippen molar-refractivity contribution in [3.8, 4) is 5.75 Å². The number of amides is 1. The molecule has 0 bridgehead atoms. The molecule has 7 heteroatoms. The van der Waals surface area contributed by atoms with Crippen molar-refractivity contribution in [3.05, 3.63) is 29.8 Å². The number of thioether (sulfide) groups is 1. The highest BCUT2D eigenvalue weighted by molar-refractivity contribution is 7.98. The van der Waals surface area contributed by atoms with E-state index in [0.717, 1.165) is 37.3 Å². The van der Waals surface area contributed by atoms with Crippen LogP contribution in [0.3, 0.4) is 0 Å². The number of benzene rings is 1. The summed E-state index contributed by atoms with van der Waals surface area (Å²) in [6.45, 7) is 1.63. The van der Waals surface area contributed by atoms with Gasteiger partial charge in [-0.2, -0.15) is 11.8 Å². The topological polar surface area (TPSA) is 74.8 Å². The molecule has 0 atom stereocenters. The van der Waals surface area contributed by atoms with Crippen LogP contribution < -0.4 is 20.7 Å². The van der Waals surface area contributed by atoms with E-state index < -0.39 is 0 Å². The van der Waals surface area contributed by atoms with Crippen molar-refractivity contribution in [2.45, 2.75) is 38.3 Å². The Balaban J connectivity index is 1.69. The molecule has 0 unspecified atom stereocenters. The Morgan fingerprint density at radius 2 is 2.15 bits per heavy atom. The third-order valence-corrected chi connectivity index (χ3v) is 4.66. The van der Waals surface area contributed by atoms with Crippen molar-refractivity contribution in [2.24, 2.45) is 4.99 Å². The molecule has 3 N–H and O–H groups in total. The number of carbonyl (C=O) groups excluding carboxylic acids is 1. The van der Waals surface area contributed by atoms with Crippen LogP contribution in [0.15, 0.2) is 29.3 Å². The summed E-state index contributed by atoms with van der Waals surface area (Å²) >= 11 is 1.88. The second kappa shape index (κ2) is 11.7. The maximum atomic E-state index is 11.7. The van der Waals surface area contributed by atoms with Gasteiger partial charge in [0.15, 0.2) is 12.6 Å². The van der Waals surface area contributed by atoms with Gasteiger partial charge in [0.25, 0.3) is 5.91 Å². The predicted octanol–water partition coefficient (Wildman–Crippen LogP) is 2.15. The second-order valence-corrected chi connectivity index (χ2v) is 7.32. The fourth-order valence-electron chi connectivity index (χ4n) is 2.38. The summed E-state index contributed by atoms with van der Waals surface area (Å²) in [5.74, 6) is 2.64. The standard InChI is InChI=1S/C19H30N4O2S/c1-20-19(21-10-3-4-11-26-2)22-13-15-6-5-7-17(12-15)25-14-18(24)23-16-8-9-16/h5-7,12,16H,3-4,8-11,13-14H2,1-2H3,(H,23,24)(H2,20,21,22). The number of carbonyl (C=O) groups is 1. The van der Waals surface area contributed by atoms with E-state index in [1.807, 2.05) is 36.0 Å². The Morgan fingerprint density at radius 3 is 2.88 bits per heavy atom. The van der Waals surface area contributed by atoms with Gasteiger partial charge in [-0.3, -0.25) is 9.79 Å². The Labute approximate surface area is 160 Å². The molecule has 6 nitrogen and oxygen atoms in total. The minimum atomic E-state index is -0.0536. The maximum absolute atomic E-state index is 11.7. The van der Waals surface area contributed by atoms with Crippen LogP contribution in [0, 0.1) is 0 Å². The molecular weight excluding hydrogens is 348 g/mol. The van der Waals surface area contributed by atoms with Crippen LogP contribution >= 0.6 is 11.8 Å². The lowest BCUT2D eigenvalue weighted by atomic mass is 10.2. The minimum absolute atomic E-state index is 0.0536. The highest BCUT2D eigenvalue weighted by Gasteiger charge is 2.23. The highest BCUT2D eigenvalue weighted by Crippen LogP contribution is 2.18. The van der Waals surface area contributed by atoms with Crippen LogP contribution in [0.4, 0.5) is 0 Å². The average molecular weight is 379 g/mol. The van der Waals surface area contributed by atoms with Gasteiger partial charge in [0.1, 0.15) is 5.75 Å². The summed E-state index contributed by atoms with van der Waals surface area (Å²) < 4.78 is 5.59. The fourth-order valence-corrected chi connectivity index (χ4v) is 2.87. The predicted molar refractivity (Wildman–Crippen MR) is 109 cm³/mol.